The van der Waals surface area contributed by atoms with Gasteiger partial charge in [-0.25, -0.2) is 8.42 Å². The summed E-state index contributed by atoms with van der Waals surface area (Å²) in [4.78, 5) is 24.0. The molecule has 1 saturated heterocycles. The zero-order valence-corrected chi connectivity index (χ0v) is 17.4. The van der Waals surface area contributed by atoms with Gasteiger partial charge in [-0.1, -0.05) is 0 Å². The van der Waals surface area contributed by atoms with Gasteiger partial charge in [-0.15, -0.1) is 0 Å². The number of anilines is 1. The molecule has 3 N–H and O–H groups in total. The summed E-state index contributed by atoms with van der Waals surface area (Å²) in [5.41, 5.74) is 5.96. The summed E-state index contributed by atoms with van der Waals surface area (Å²) >= 11 is 0. The normalized spacial score (nSPS) is 16.8. The predicted octanol–water partition coefficient (Wildman–Crippen LogP) is 1.59. The number of ether oxygens (including phenoxy) is 2. The van der Waals surface area contributed by atoms with E-state index in [2.05, 4.69) is 5.32 Å². The third kappa shape index (κ3) is 4.24. The van der Waals surface area contributed by atoms with Crippen LogP contribution < -0.4 is 20.5 Å². The minimum atomic E-state index is -3.92. The highest BCUT2D eigenvalue weighted by atomic mass is 32.2. The molecular weight excluding hydrogens is 410 g/mol. The largest absolute Gasteiger partial charge is 0.493 e. The summed E-state index contributed by atoms with van der Waals surface area (Å²) in [5, 5.41) is 2.70. The van der Waals surface area contributed by atoms with Crippen molar-refractivity contribution in [2.24, 2.45) is 5.73 Å². The summed E-state index contributed by atoms with van der Waals surface area (Å²) in [6.07, 6.45) is 0.961. The molecule has 2 aromatic carbocycles. The molecule has 1 aliphatic heterocycles. The van der Waals surface area contributed by atoms with Crippen molar-refractivity contribution in [2.45, 2.75) is 23.8 Å². The van der Waals surface area contributed by atoms with Crippen LogP contribution in [0.1, 0.15) is 23.2 Å². The van der Waals surface area contributed by atoms with E-state index in [1.54, 1.807) is 12.1 Å². The van der Waals surface area contributed by atoms with Gasteiger partial charge in [0.2, 0.25) is 21.8 Å². The van der Waals surface area contributed by atoms with Crippen LogP contribution in [0, 0.1) is 0 Å². The van der Waals surface area contributed by atoms with Crippen molar-refractivity contribution < 1.29 is 27.5 Å². The first kappa shape index (κ1) is 21.6. The lowest BCUT2D eigenvalue weighted by molar-refractivity contribution is -0.119. The van der Waals surface area contributed by atoms with Crippen molar-refractivity contribution in [3.63, 3.8) is 0 Å². The average Bonchev–Trinajstić information content (AvgIpc) is 3.24. The van der Waals surface area contributed by atoms with Crippen LogP contribution in [0.4, 0.5) is 5.69 Å². The number of benzene rings is 2. The van der Waals surface area contributed by atoms with Gasteiger partial charge < -0.3 is 20.5 Å². The maximum atomic E-state index is 13.2. The highest BCUT2D eigenvalue weighted by Crippen LogP contribution is 2.33. The first-order chi connectivity index (χ1) is 14.3. The molecule has 0 aromatic heterocycles. The van der Waals surface area contributed by atoms with Crippen molar-refractivity contribution in [3.05, 3.63) is 48.0 Å². The summed E-state index contributed by atoms with van der Waals surface area (Å²) < 4.78 is 37.9. The number of rotatable bonds is 7. The molecule has 0 saturated carbocycles. The van der Waals surface area contributed by atoms with Crippen molar-refractivity contribution in [2.75, 3.05) is 26.1 Å². The van der Waals surface area contributed by atoms with Gasteiger partial charge >= 0.3 is 0 Å². The zero-order valence-electron chi connectivity index (χ0n) is 16.6. The second-order valence-electron chi connectivity index (χ2n) is 6.72. The van der Waals surface area contributed by atoms with Crippen LogP contribution in [-0.4, -0.2) is 51.3 Å². The molecule has 1 atom stereocenters. The van der Waals surface area contributed by atoms with E-state index >= 15 is 0 Å². The van der Waals surface area contributed by atoms with Crippen LogP contribution in [0.25, 0.3) is 0 Å². The molecule has 30 heavy (non-hydrogen) atoms. The second-order valence-corrected chi connectivity index (χ2v) is 8.61. The SMILES string of the molecule is COc1ccc(S(=O)(=O)N2CCCC2C(=O)Nc2ccc(C(N)=O)cc2)cc1OC. The lowest BCUT2D eigenvalue weighted by Gasteiger charge is -2.24. The minimum Gasteiger partial charge on any atom is -0.493 e. The molecule has 0 aliphatic carbocycles. The van der Waals surface area contributed by atoms with Crippen molar-refractivity contribution in [1.82, 2.24) is 4.31 Å². The number of hydrogen-bond acceptors (Lipinski definition) is 6. The van der Waals surface area contributed by atoms with Gasteiger partial charge in [0.1, 0.15) is 6.04 Å². The second kappa shape index (κ2) is 8.72. The number of sulfonamides is 1. The number of nitrogens with one attached hydrogen (secondary N) is 1. The standard InChI is InChI=1S/C20H23N3O6S/c1-28-17-10-9-15(12-18(17)29-2)30(26,27)23-11-3-4-16(23)20(25)22-14-7-5-13(6-8-14)19(21)24/h5-10,12,16H,3-4,11H2,1-2H3,(H2,21,24)(H,22,25). The zero-order chi connectivity index (χ0) is 21.9. The summed E-state index contributed by atoms with van der Waals surface area (Å²) in [6, 6.07) is 9.53. The quantitative estimate of drug-likeness (QED) is 0.683. The van der Waals surface area contributed by atoms with Gasteiger partial charge in [0.25, 0.3) is 0 Å². The molecule has 10 heteroatoms. The molecule has 1 unspecified atom stereocenters. The molecule has 1 aliphatic rings. The average molecular weight is 433 g/mol. The molecule has 1 fully saturated rings. The van der Waals surface area contributed by atoms with Crippen LogP contribution in [-0.2, 0) is 14.8 Å². The highest BCUT2D eigenvalue weighted by Gasteiger charge is 2.39. The fraction of sp³-hybridized carbons (Fsp3) is 0.300. The van der Waals surface area contributed by atoms with E-state index in [1.807, 2.05) is 0 Å². The number of carbonyl (C=O) groups is 2. The number of nitrogens with two attached hydrogens (primary N) is 1. The number of nitrogens with zero attached hydrogens (tertiary/aromatic N) is 1. The van der Waals surface area contributed by atoms with E-state index in [1.165, 1.54) is 48.9 Å². The lowest BCUT2D eigenvalue weighted by Crippen LogP contribution is -2.43. The van der Waals surface area contributed by atoms with Crippen molar-refractivity contribution in [1.29, 1.82) is 0 Å². The fourth-order valence-corrected chi connectivity index (χ4v) is 5.02. The van der Waals surface area contributed by atoms with Crippen LogP contribution in [0.2, 0.25) is 0 Å². The van der Waals surface area contributed by atoms with Gasteiger partial charge in [0.15, 0.2) is 11.5 Å². The number of primary amides is 1. The topological polar surface area (TPSA) is 128 Å². The van der Waals surface area contributed by atoms with E-state index < -0.39 is 27.9 Å². The Bertz CT molecular complexity index is 1050. The lowest BCUT2D eigenvalue weighted by atomic mass is 10.2. The Morgan fingerprint density at radius 1 is 1.07 bits per heavy atom. The van der Waals surface area contributed by atoms with Crippen molar-refractivity contribution >= 4 is 27.5 Å². The molecule has 2 aromatic rings. The molecule has 3 rings (SSSR count). The molecule has 0 bridgehead atoms. The Morgan fingerprint density at radius 2 is 1.73 bits per heavy atom. The molecule has 160 valence electrons. The number of methoxy groups -OCH3 is 2. The van der Waals surface area contributed by atoms with Gasteiger partial charge in [0, 0.05) is 23.9 Å². The van der Waals surface area contributed by atoms with Gasteiger partial charge in [-0.05, 0) is 49.2 Å². The minimum absolute atomic E-state index is 0.0191. The van der Waals surface area contributed by atoms with E-state index in [4.69, 9.17) is 15.2 Å². The van der Waals surface area contributed by atoms with Gasteiger partial charge in [-0.3, -0.25) is 9.59 Å². The Morgan fingerprint density at radius 3 is 2.33 bits per heavy atom. The monoisotopic (exact) mass is 433 g/mol. The smallest absolute Gasteiger partial charge is 0.248 e. The molecule has 0 spiro atoms. The fourth-order valence-electron chi connectivity index (χ4n) is 3.35. The summed E-state index contributed by atoms with van der Waals surface area (Å²) in [7, 11) is -1.04. The van der Waals surface area contributed by atoms with Gasteiger partial charge in [0.05, 0.1) is 19.1 Å². The van der Waals surface area contributed by atoms with E-state index in [0.717, 1.165) is 0 Å². The molecule has 1 heterocycles. The first-order valence-corrected chi connectivity index (χ1v) is 10.7. The Labute approximate surface area is 174 Å². The summed E-state index contributed by atoms with van der Waals surface area (Å²) in [6.45, 7) is 0.232. The Hall–Kier alpha value is -3.11. The van der Waals surface area contributed by atoms with Crippen LogP contribution in [0.15, 0.2) is 47.4 Å². The predicted molar refractivity (Wildman–Crippen MR) is 110 cm³/mol. The third-order valence-corrected chi connectivity index (χ3v) is 6.81. The maximum absolute atomic E-state index is 13.2. The third-order valence-electron chi connectivity index (χ3n) is 4.90. The number of amides is 2. The highest BCUT2D eigenvalue weighted by molar-refractivity contribution is 7.89. The molecule has 9 nitrogen and oxygen atoms in total. The Kier molecular flexibility index (Phi) is 6.28. The molecule has 0 radical (unpaired) electrons. The van der Waals surface area contributed by atoms with Crippen LogP contribution in [0.5, 0.6) is 11.5 Å². The Balaban J connectivity index is 1.81. The van der Waals surface area contributed by atoms with Crippen LogP contribution in [0.3, 0.4) is 0 Å². The van der Waals surface area contributed by atoms with Crippen molar-refractivity contribution in [3.8, 4) is 11.5 Å². The van der Waals surface area contributed by atoms with E-state index in [9.17, 15) is 18.0 Å². The molecule has 2 amide bonds. The molecular formula is C20H23N3O6S. The van der Waals surface area contributed by atoms with Gasteiger partial charge in [-0.2, -0.15) is 4.31 Å². The van der Waals surface area contributed by atoms with Crippen LogP contribution >= 0.6 is 0 Å². The number of hydrogen-bond donors (Lipinski definition) is 2. The number of carbonyl (C=O) groups excluding carboxylic acids is 2. The van der Waals surface area contributed by atoms with E-state index in [0.29, 0.717) is 29.8 Å². The maximum Gasteiger partial charge on any atom is 0.248 e. The van der Waals surface area contributed by atoms with E-state index in [-0.39, 0.29) is 17.2 Å². The summed E-state index contributed by atoms with van der Waals surface area (Å²) in [5.74, 6) is -0.320. The first-order valence-electron chi connectivity index (χ1n) is 9.22.